The first-order valence-electron chi connectivity index (χ1n) is 8.37. The quantitative estimate of drug-likeness (QED) is 0.642. The number of hydrogen-bond acceptors (Lipinski definition) is 5. The summed E-state index contributed by atoms with van der Waals surface area (Å²) in [5.74, 6) is 0.514. The number of ether oxygens (including phenoxy) is 1. The molecule has 1 amide bonds. The predicted octanol–water partition coefficient (Wildman–Crippen LogP) is 5.02. The fraction of sp³-hybridized carbons (Fsp3) is 0.200. The zero-order valence-electron chi connectivity index (χ0n) is 15.0. The molecule has 0 radical (unpaired) electrons. The number of carbonyl (C=O) groups excluding carboxylic acids is 1. The second kappa shape index (κ2) is 8.01. The molecule has 0 fully saturated rings. The molecule has 0 unspecified atom stereocenters. The first-order valence-corrected chi connectivity index (χ1v) is 9.25. The zero-order valence-corrected chi connectivity index (χ0v) is 15.8. The number of nitrogens with one attached hydrogen (secondary N) is 2. The second-order valence-corrected chi connectivity index (χ2v) is 6.69. The third kappa shape index (κ3) is 4.03. The molecule has 0 bridgehead atoms. The normalized spacial score (nSPS) is 10.4. The number of para-hydroxylation sites is 1. The molecule has 1 aromatic heterocycles. The van der Waals surface area contributed by atoms with Crippen LogP contribution in [-0.4, -0.2) is 18.0 Å². The van der Waals surface area contributed by atoms with Gasteiger partial charge in [-0.05, 0) is 42.7 Å². The van der Waals surface area contributed by atoms with Crippen molar-refractivity contribution >= 4 is 33.8 Å². The molecule has 0 saturated carbocycles. The SMILES string of the molecule is CCc1ccccc1NC(=O)c1csc(Nc2cc(C)ccc2OC)n1. The number of thiazole rings is 1. The van der Waals surface area contributed by atoms with Crippen molar-refractivity contribution in [3.8, 4) is 5.75 Å². The Labute approximate surface area is 157 Å². The van der Waals surface area contributed by atoms with Crippen LogP contribution >= 0.6 is 11.3 Å². The van der Waals surface area contributed by atoms with E-state index < -0.39 is 0 Å². The van der Waals surface area contributed by atoms with Gasteiger partial charge in [0.25, 0.3) is 5.91 Å². The van der Waals surface area contributed by atoms with Gasteiger partial charge in [-0.2, -0.15) is 0 Å². The third-order valence-electron chi connectivity index (χ3n) is 3.98. The second-order valence-electron chi connectivity index (χ2n) is 5.83. The third-order valence-corrected chi connectivity index (χ3v) is 4.74. The van der Waals surface area contributed by atoms with E-state index in [1.165, 1.54) is 11.3 Å². The molecule has 0 aliphatic carbocycles. The maximum Gasteiger partial charge on any atom is 0.275 e. The first kappa shape index (κ1) is 17.9. The molecular weight excluding hydrogens is 346 g/mol. The lowest BCUT2D eigenvalue weighted by Crippen LogP contribution is -2.13. The Morgan fingerprint density at radius 2 is 2.00 bits per heavy atom. The van der Waals surface area contributed by atoms with E-state index >= 15 is 0 Å². The van der Waals surface area contributed by atoms with Crippen LogP contribution in [0.1, 0.15) is 28.5 Å². The van der Waals surface area contributed by atoms with Gasteiger partial charge in [0.05, 0.1) is 12.8 Å². The van der Waals surface area contributed by atoms with Crippen LogP contribution in [0.25, 0.3) is 0 Å². The highest BCUT2D eigenvalue weighted by Crippen LogP contribution is 2.30. The van der Waals surface area contributed by atoms with E-state index in [9.17, 15) is 4.79 Å². The van der Waals surface area contributed by atoms with E-state index in [-0.39, 0.29) is 5.91 Å². The fourth-order valence-corrected chi connectivity index (χ4v) is 3.31. The first-order chi connectivity index (χ1) is 12.6. The molecule has 26 heavy (non-hydrogen) atoms. The van der Waals surface area contributed by atoms with E-state index in [4.69, 9.17) is 4.74 Å². The van der Waals surface area contributed by atoms with E-state index in [1.807, 2.05) is 49.4 Å². The van der Waals surface area contributed by atoms with Crippen LogP contribution in [0.15, 0.2) is 47.8 Å². The van der Waals surface area contributed by atoms with Gasteiger partial charge in [-0.1, -0.05) is 31.2 Å². The van der Waals surface area contributed by atoms with Crippen LogP contribution in [0.4, 0.5) is 16.5 Å². The average Bonchev–Trinajstić information content (AvgIpc) is 3.11. The molecule has 3 rings (SSSR count). The van der Waals surface area contributed by atoms with E-state index in [1.54, 1.807) is 12.5 Å². The molecule has 6 heteroatoms. The summed E-state index contributed by atoms with van der Waals surface area (Å²) >= 11 is 1.38. The monoisotopic (exact) mass is 367 g/mol. The van der Waals surface area contributed by atoms with E-state index in [0.29, 0.717) is 10.8 Å². The number of amides is 1. The number of hydrogen-bond donors (Lipinski definition) is 2. The summed E-state index contributed by atoms with van der Waals surface area (Å²) in [7, 11) is 1.63. The molecule has 2 N–H and O–H groups in total. The molecular formula is C20H21N3O2S. The van der Waals surface area contributed by atoms with Crippen molar-refractivity contribution in [1.29, 1.82) is 0 Å². The highest BCUT2D eigenvalue weighted by atomic mass is 32.1. The maximum absolute atomic E-state index is 12.5. The smallest absolute Gasteiger partial charge is 0.275 e. The van der Waals surface area contributed by atoms with Gasteiger partial charge in [-0.25, -0.2) is 4.98 Å². The summed E-state index contributed by atoms with van der Waals surface area (Å²) in [5.41, 5.74) is 4.24. The number of anilines is 3. The lowest BCUT2D eigenvalue weighted by molar-refractivity contribution is 0.102. The summed E-state index contributed by atoms with van der Waals surface area (Å²) in [6, 6.07) is 13.7. The minimum atomic E-state index is -0.216. The zero-order chi connectivity index (χ0) is 18.5. The van der Waals surface area contributed by atoms with Gasteiger partial charge in [-0.3, -0.25) is 4.79 Å². The van der Waals surface area contributed by atoms with Crippen molar-refractivity contribution in [2.75, 3.05) is 17.7 Å². The minimum Gasteiger partial charge on any atom is -0.495 e. The standard InChI is InChI=1S/C20H21N3O2S/c1-4-14-7-5-6-8-15(14)21-19(24)17-12-26-20(23-17)22-16-11-13(2)9-10-18(16)25-3/h5-12H,4H2,1-3H3,(H,21,24)(H,22,23). The van der Waals surface area contributed by atoms with Crippen molar-refractivity contribution in [3.63, 3.8) is 0 Å². The molecule has 0 atom stereocenters. The Balaban J connectivity index is 1.75. The van der Waals surface area contributed by atoms with Crippen molar-refractivity contribution in [2.45, 2.75) is 20.3 Å². The van der Waals surface area contributed by atoms with Gasteiger partial charge in [0.2, 0.25) is 0 Å². The Hall–Kier alpha value is -2.86. The van der Waals surface area contributed by atoms with Crippen molar-refractivity contribution in [3.05, 3.63) is 64.7 Å². The lowest BCUT2D eigenvalue weighted by Gasteiger charge is -2.10. The van der Waals surface area contributed by atoms with Gasteiger partial charge in [0.15, 0.2) is 5.13 Å². The van der Waals surface area contributed by atoms with Crippen LogP contribution in [0.2, 0.25) is 0 Å². The molecule has 1 heterocycles. The minimum absolute atomic E-state index is 0.216. The molecule has 3 aromatic rings. The maximum atomic E-state index is 12.5. The lowest BCUT2D eigenvalue weighted by atomic mass is 10.1. The summed E-state index contributed by atoms with van der Waals surface area (Å²) in [6.45, 7) is 4.07. The van der Waals surface area contributed by atoms with Crippen molar-refractivity contribution < 1.29 is 9.53 Å². The summed E-state index contributed by atoms with van der Waals surface area (Å²) < 4.78 is 5.37. The Kier molecular flexibility index (Phi) is 5.53. The number of carbonyl (C=O) groups is 1. The molecule has 0 aliphatic heterocycles. The topological polar surface area (TPSA) is 63.2 Å². The van der Waals surface area contributed by atoms with Crippen LogP contribution in [0.5, 0.6) is 5.75 Å². The number of aromatic nitrogens is 1. The molecule has 5 nitrogen and oxygen atoms in total. The van der Waals surface area contributed by atoms with Crippen LogP contribution in [0, 0.1) is 6.92 Å². The van der Waals surface area contributed by atoms with Crippen molar-refractivity contribution in [2.24, 2.45) is 0 Å². The number of benzene rings is 2. The predicted molar refractivity (Wildman–Crippen MR) is 107 cm³/mol. The number of nitrogens with zero attached hydrogens (tertiary/aromatic N) is 1. The summed E-state index contributed by atoms with van der Waals surface area (Å²) in [6.07, 6.45) is 0.855. The number of methoxy groups -OCH3 is 1. The van der Waals surface area contributed by atoms with E-state index in [0.717, 1.165) is 34.7 Å². The average molecular weight is 367 g/mol. The van der Waals surface area contributed by atoms with Gasteiger partial charge in [0.1, 0.15) is 11.4 Å². The number of aryl methyl sites for hydroxylation is 2. The van der Waals surface area contributed by atoms with Crippen LogP contribution < -0.4 is 15.4 Å². The Bertz CT molecular complexity index is 921. The van der Waals surface area contributed by atoms with Crippen molar-refractivity contribution in [1.82, 2.24) is 4.98 Å². The largest absolute Gasteiger partial charge is 0.495 e. The summed E-state index contributed by atoms with van der Waals surface area (Å²) in [4.78, 5) is 16.9. The Morgan fingerprint density at radius 3 is 2.77 bits per heavy atom. The van der Waals surface area contributed by atoms with Gasteiger partial charge in [0, 0.05) is 11.1 Å². The van der Waals surface area contributed by atoms with Gasteiger partial charge >= 0.3 is 0 Å². The molecule has 134 valence electrons. The fourth-order valence-electron chi connectivity index (χ4n) is 2.61. The summed E-state index contributed by atoms with van der Waals surface area (Å²) in [5, 5.41) is 8.55. The van der Waals surface area contributed by atoms with Crippen LogP contribution in [0.3, 0.4) is 0 Å². The highest BCUT2D eigenvalue weighted by Gasteiger charge is 2.13. The van der Waals surface area contributed by atoms with Gasteiger partial charge in [-0.15, -0.1) is 11.3 Å². The number of rotatable bonds is 6. The molecule has 0 spiro atoms. The molecule has 0 saturated heterocycles. The highest BCUT2D eigenvalue weighted by molar-refractivity contribution is 7.14. The van der Waals surface area contributed by atoms with E-state index in [2.05, 4.69) is 22.5 Å². The van der Waals surface area contributed by atoms with Gasteiger partial charge < -0.3 is 15.4 Å². The van der Waals surface area contributed by atoms with Crippen LogP contribution in [-0.2, 0) is 6.42 Å². The Morgan fingerprint density at radius 1 is 1.19 bits per heavy atom. The molecule has 2 aromatic carbocycles. The molecule has 0 aliphatic rings.